The van der Waals surface area contributed by atoms with E-state index in [0.717, 1.165) is 55.1 Å². The molecule has 0 radical (unpaired) electrons. The molecule has 2 aliphatic rings. The van der Waals surface area contributed by atoms with E-state index in [4.69, 9.17) is 32.0 Å². The monoisotopic (exact) mass is 684 g/mol. The SMILES string of the molecule is C.C.C.CSc1nc2oc(=O)cc(CCCC3CC3)c2c(=O)[nH]1.Cc1nc2oc(=O)cc(CCCC3CC3)c2c(=O)[nH]1.ClCCl. The van der Waals surface area contributed by atoms with Crippen molar-refractivity contribution in [1.82, 2.24) is 19.9 Å². The lowest BCUT2D eigenvalue weighted by Crippen LogP contribution is -2.14. The molecule has 10 nitrogen and oxygen atoms in total. The van der Waals surface area contributed by atoms with E-state index in [1.165, 1.54) is 56.0 Å². The first kappa shape index (κ1) is 40.1. The molecule has 0 atom stereocenters. The zero-order valence-corrected chi connectivity index (χ0v) is 25.9. The number of nitrogens with one attached hydrogen (secondary N) is 2. The van der Waals surface area contributed by atoms with E-state index in [1.54, 1.807) is 6.92 Å². The Hall–Kier alpha value is -2.89. The Labute approximate surface area is 277 Å². The summed E-state index contributed by atoms with van der Waals surface area (Å²) in [6.07, 6.45) is 12.8. The standard InChI is InChI=1S/C14H16N2O3S.C14H16N2O3.CH2Cl2.3CH4/c1-20-14-15-12(18)11-9(4-2-3-8-5-6-8)7-10(17)19-13(11)16-14;1-8-15-13(18)12-10(4-2-3-9-5-6-9)7-11(17)19-14(12)16-8;2-1-3;;;/h7-8H,2-6H2,1H3,(H,15,16,18);7,9H,2-6H2,1H3,(H,15,16,18);1H2;3*1H4. The van der Waals surface area contributed by atoms with Crippen LogP contribution in [0.1, 0.15) is 90.6 Å². The van der Waals surface area contributed by atoms with Gasteiger partial charge in [0.15, 0.2) is 5.16 Å². The number of aromatic amines is 2. The van der Waals surface area contributed by atoms with E-state index in [0.29, 0.717) is 21.8 Å². The van der Waals surface area contributed by atoms with Gasteiger partial charge in [0.2, 0.25) is 11.4 Å². The number of rotatable bonds is 9. The van der Waals surface area contributed by atoms with Crippen LogP contribution in [0, 0.1) is 18.8 Å². The van der Waals surface area contributed by atoms with E-state index in [-0.39, 0.29) is 50.2 Å². The fourth-order valence-electron chi connectivity index (χ4n) is 4.85. The average Bonchev–Trinajstić information content (AvgIpc) is 3.85. The first-order valence-corrected chi connectivity index (χ1v) is 16.3. The van der Waals surface area contributed by atoms with E-state index in [9.17, 15) is 19.2 Å². The Morgan fingerprint density at radius 3 is 1.62 bits per heavy atom. The van der Waals surface area contributed by atoms with Crippen molar-refractivity contribution in [2.75, 3.05) is 11.6 Å². The highest BCUT2D eigenvalue weighted by Crippen LogP contribution is 2.34. The second-order valence-corrected chi connectivity index (χ2v) is 12.1. The maximum Gasteiger partial charge on any atom is 0.337 e. The lowest BCUT2D eigenvalue weighted by Gasteiger charge is -2.05. The number of fused-ring (bicyclic) bond motifs is 2. The molecule has 0 bridgehead atoms. The molecule has 0 amide bonds. The van der Waals surface area contributed by atoms with Crippen molar-refractivity contribution in [2.45, 2.75) is 98.6 Å². The first-order chi connectivity index (χ1) is 20.2. The molecule has 2 saturated carbocycles. The first-order valence-electron chi connectivity index (χ1n) is 14.0. The summed E-state index contributed by atoms with van der Waals surface area (Å²) in [5.41, 5.74) is 0.453. The predicted molar refractivity (Wildman–Crippen MR) is 186 cm³/mol. The van der Waals surface area contributed by atoms with E-state index in [2.05, 4.69) is 19.9 Å². The highest BCUT2D eigenvalue weighted by Gasteiger charge is 2.22. The Morgan fingerprint density at radius 1 is 0.778 bits per heavy atom. The van der Waals surface area contributed by atoms with Crippen molar-refractivity contribution in [1.29, 1.82) is 0 Å². The number of aromatic nitrogens is 4. The molecule has 0 aromatic carbocycles. The van der Waals surface area contributed by atoms with Crippen molar-refractivity contribution in [2.24, 2.45) is 11.8 Å². The number of aryl methyl sites for hydroxylation is 3. The third kappa shape index (κ3) is 11.8. The summed E-state index contributed by atoms with van der Waals surface area (Å²) in [6, 6.07) is 2.84. The normalized spacial score (nSPS) is 13.3. The summed E-state index contributed by atoms with van der Waals surface area (Å²) in [5.74, 6) is 2.15. The predicted octanol–water partition coefficient (Wildman–Crippen LogP) is 7.58. The number of alkyl halides is 2. The van der Waals surface area contributed by atoms with Gasteiger partial charge in [0.1, 0.15) is 16.6 Å². The van der Waals surface area contributed by atoms with E-state index >= 15 is 0 Å². The Kier molecular flexibility index (Phi) is 16.9. The molecule has 45 heavy (non-hydrogen) atoms. The number of hydrogen-bond acceptors (Lipinski definition) is 9. The van der Waals surface area contributed by atoms with Crippen molar-refractivity contribution in [3.63, 3.8) is 0 Å². The highest BCUT2D eigenvalue weighted by atomic mass is 35.5. The molecule has 0 unspecified atom stereocenters. The number of thioether (sulfide) groups is 1. The zero-order chi connectivity index (χ0) is 30.2. The molecule has 4 aromatic heterocycles. The van der Waals surface area contributed by atoms with Gasteiger partial charge in [-0.3, -0.25) is 9.59 Å². The van der Waals surface area contributed by atoms with Gasteiger partial charge in [-0.2, -0.15) is 9.97 Å². The molecule has 2 N–H and O–H groups in total. The molecule has 2 fully saturated rings. The van der Waals surface area contributed by atoms with Gasteiger partial charge in [-0.25, -0.2) is 9.59 Å². The van der Waals surface area contributed by atoms with Crippen molar-refractivity contribution in [3.05, 3.63) is 70.6 Å². The fourth-order valence-corrected chi connectivity index (χ4v) is 5.22. The molecule has 4 aromatic rings. The van der Waals surface area contributed by atoms with E-state index < -0.39 is 11.3 Å². The molecule has 0 saturated heterocycles. The smallest absolute Gasteiger partial charge is 0.337 e. The van der Waals surface area contributed by atoms with Crippen LogP contribution < -0.4 is 22.4 Å². The summed E-state index contributed by atoms with van der Waals surface area (Å²) in [6.45, 7) is 1.67. The van der Waals surface area contributed by atoms with Gasteiger partial charge in [-0.1, -0.05) is 72.6 Å². The second-order valence-electron chi connectivity index (χ2n) is 10.5. The Bertz CT molecular complexity index is 1760. The fraction of sp³-hybridized carbons (Fsp3) is 0.562. The van der Waals surface area contributed by atoms with Crippen molar-refractivity contribution < 1.29 is 8.83 Å². The van der Waals surface area contributed by atoms with Gasteiger partial charge in [0.05, 0.1) is 5.34 Å². The van der Waals surface area contributed by atoms with Gasteiger partial charge in [-0.15, -0.1) is 23.2 Å². The van der Waals surface area contributed by atoms with Gasteiger partial charge in [0, 0.05) is 12.1 Å². The molecule has 2 aliphatic carbocycles. The summed E-state index contributed by atoms with van der Waals surface area (Å²) < 4.78 is 10.1. The van der Waals surface area contributed by atoms with Crippen LogP contribution >= 0.6 is 35.0 Å². The Morgan fingerprint density at radius 2 is 1.20 bits per heavy atom. The average molecular weight is 686 g/mol. The van der Waals surface area contributed by atoms with Crippen molar-refractivity contribution >= 4 is 57.2 Å². The molecule has 6 rings (SSSR count). The quantitative estimate of drug-likeness (QED) is 0.103. The summed E-state index contributed by atoms with van der Waals surface area (Å²) >= 11 is 10.8. The van der Waals surface area contributed by atoms with E-state index in [1.807, 2.05) is 6.26 Å². The Balaban J connectivity index is 0.000000390. The van der Waals surface area contributed by atoms with Crippen LogP contribution in [0.3, 0.4) is 0 Å². The van der Waals surface area contributed by atoms with Crippen LogP contribution in [-0.2, 0) is 12.8 Å². The highest BCUT2D eigenvalue weighted by molar-refractivity contribution is 7.98. The molecule has 0 aliphatic heterocycles. The molecular weight excluding hydrogens is 639 g/mol. The number of H-pyrrole nitrogens is 2. The van der Waals surface area contributed by atoms with Crippen LogP contribution in [0.15, 0.2) is 45.3 Å². The molecular formula is C32H46Cl2N4O6S. The van der Waals surface area contributed by atoms with Gasteiger partial charge in [0.25, 0.3) is 11.1 Å². The lowest BCUT2D eigenvalue weighted by atomic mass is 10.1. The summed E-state index contributed by atoms with van der Waals surface area (Å²) in [7, 11) is 0. The number of halogens is 2. The van der Waals surface area contributed by atoms with Crippen molar-refractivity contribution in [3.8, 4) is 0 Å². The topological polar surface area (TPSA) is 152 Å². The molecule has 13 heteroatoms. The third-order valence-corrected chi connectivity index (χ3v) is 7.77. The lowest BCUT2D eigenvalue weighted by molar-refractivity contribution is 0.540. The summed E-state index contributed by atoms with van der Waals surface area (Å²) in [4.78, 5) is 60.9. The number of hydrogen-bond donors (Lipinski definition) is 2. The maximum atomic E-state index is 12.1. The third-order valence-electron chi connectivity index (χ3n) is 7.19. The van der Waals surface area contributed by atoms with Crippen LogP contribution in [0.2, 0.25) is 0 Å². The zero-order valence-electron chi connectivity index (χ0n) is 23.6. The van der Waals surface area contributed by atoms with Crippen LogP contribution in [0.4, 0.5) is 0 Å². The minimum absolute atomic E-state index is 0. The largest absolute Gasteiger partial charge is 0.403 e. The minimum atomic E-state index is -0.441. The second kappa shape index (κ2) is 18.9. The molecule has 0 spiro atoms. The van der Waals surface area contributed by atoms with Crippen LogP contribution in [-0.4, -0.2) is 31.5 Å². The van der Waals surface area contributed by atoms with Crippen LogP contribution in [0.25, 0.3) is 22.2 Å². The number of nitrogens with zero attached hydrogens (tertiary/aromatic N) is 2. The van der Waals surface area contributed by atoms with Gasteiger partial charge < -0.3 is 18.8 Å². The molecule has 250 valence electrons. The summed E-state index contributed by atoms with van der Waals surface area (Å²) in [5, 5.41) is 1.49. The van der Waals surface area contributed by atoms with Gasteiger partial charge in [-0.05, 0) is 61.8 Å². The molecule has 4 heterocycles. The van der Waals surface area contributed by atoms with Crippen LogP contribution in [0.5, 0.6) is 0 Å². The maximum absolute atomic E-state index is 12.1. The minimum Gasteiger partial charge on any atom is -0.403 e. The van der Waals surface area contributed by atoms with Gasteiger partial charge >= 0.3 is 11.3 Å².